The van der Waals surface area contributed by atoms with Gasteiger partial charge in [-0.25, -0.2) is 0 Å². The summed E-state index contributed by atoms with van der Waals surface area (Å²) in [6.45, 7) is 3.55. The number of rotatable bonds is 4. The fourth-order valence-electron chi connectivity index (χ4n) is 1.72. The van der Waals surface area contributed by atoms with E-state index in [0.29, 0.717) is 12.8 Å². The number of hydrogen-bond acceptors (Lipinski definition) is 4. The maximum atomic E-state index is 12.1. The molecule has 1 rings (SSSR count). The molecule has 0 bridgehead atoms. The number of carbonyl (C=O) groups excluding carboxylic acids is 3. The molecular weight excluding hydrogens is 224 g/mol. The monoisotopic (exact) mass is 242 g/mol. The number of amides is 2. The molecule has 0 spiro atoms. The van der Waals surface area contributed by atoms with Crippen LogP contribution in [0.4, 0.5) is 0 Å². The van der Waals surface area contributed by atoms with Crippen LogP contribution in [0.5, 0.6) is 0 Å². The molecule has 1 heterocycles. The van der Waals surface area contributed by atoms with E-state index < -0.39 is 12.0 Å². The largest absolute Gasteiger partial charge is 0.468 e. The van der Waals surface area contributed by atoms with Crippen molar-refractivity contribution >= 4 is 17.8 Å². The third-order valence-corrected chi connectivity index (χ3v) is 2.73. The Morgan fingerprint density at radius 3 is 2.59 bits per heavy atom. The summed E-state index contributed by atoms with van der Waals surface area (Å²) in [6, 6.07) is -0.617. The summed E-state index contributed by atoms with van der Waals surface area (Å²) in [7, 11) is 1.28. The lowest BCUT2D eigenvalue weighted by molar-refractivity contribution is -0.149. The predicted octanol–water partition coefficient (Wildman–Crippen LogP) is -0.325. The van der Waals surface area contributed by atoms with E-state index in [2.05, 4.69) is 10.1 Å². The topological polar surface area (TPSA) is 75.7 Å². The van der Waals surface area contributed by atoms with Gasteiger partial charge >= 0.3 is 5.97 Å². The first-order chi connectivity index (χ1) is 7.95. The molecule has 1 atom stereocenters. The molecule has 2 amide bonds. The Morgan fingerprint density at radius 1 is 1.53 bits per heavy atom. The first kappa shape index (κ1) is 13.5. The maximum absolute atomic E-state index is 12.1. The second-order valence-corrected chi connectivity index (χ2v) is 4.29. The first-order valence-electron chi connectivity index (χ1n) is 5.62. The lowest BCUT2D eigenvalue weighted by Crippen LogP contribution is -2.49. The smallest absolute Gasteiger partial charge is 0.325 e. The summed E-state index contributed by atoms with van der Waals surface area (Å²) >= 11 is 0. The molecule has 1 N–H and O–H groups in total. The summed E-state index contributed by atoms with van der Waals surface area (Å²) < 4.78 is 4.54. The van der Waals surface area contributed by atoms with E-state index >= 15 is 0 Å². The number of hydrogen-bond donors (Lipinski definition) is 1. The highest BCUT2D eigenvalue weighted by Crippen LogP contribution is 2.12. The van der Waals surface area contributed by atoms with Gasteiger partial charge < -0.3 is 15.0 Å². The average Bonchev–Trinajstić information content (AvgIpc) is 2.71. The predicted molar refractivity (Wildman–Crippen MR) is 60.0 cm³/mol. The average molecular weight is 242 g/mol. The molecule has 0 radical (unpaired) electrons. The molecule has 0 aliphatic carbocycles. The molecule has 1 aliphatic heterocycles. The van der Waals surface area contributed by atoms with Gasteiger partial charge in [-0.05, 0) is 20.3 Å². The van der Waals surface area contributed by atoms with Crippen LogP contribution in [0.1, 0.15) is 26.7 Å². The van der Waals surface area contributed by atoms with Crippen LogP contribution >= 0.6 is 0 Å². The van der Waals surface area contributed by atoms with Gasteiger partial charge in [0, 0.05) is 12.5 Å². The Hall–Kier alpha value is -1.59. The van der Waals surface area contributed by atoms with Gasteiger partial charge in [-0.2, -0.15) is 0 Å². The van der Waals surface area contributed by atoms with E-state index in [1.54, 1.807) is 0 Å². The summed E-state index contributed by atoms with van der Waals surface area (Å²) in [5.41, 5.74) is 0. The molecule has 0 saturated carbocycles. The van der Waals surface area contributed by atoms with E-state index in [-0.39, 0.29) is 24.4 Å². The van der Waals surface area contributed by atoms with Gasteiger partial charge in [-0.1, -0.05) is 0 Å². The number of nitrogens with one attached hydrogen (secondary N) is 1. The number of ether oxygens (including phenoxy) is 1. The van der Waals surface area contributed by atoms with Crippen molar-refractivity contribution < 1.29 is 19.1 Å². The van der Waals surface area contributed by atoms with Crippen LogP contribution in [0.25, 0.3) is 0 Å². The Kier molecular flexibility index (Phi) is 4.48. The molecular formula is C11H18N2O4. The third kappa shape index (κ3) is 3.44. The van der Waals surface area contributed by atoms with Crippen molar-refractivity contribution in [2.75, 3.05) is 13.7 Å². The van der Waals surface area contributed by atoms with Crippen molar-refractivity contribution in [2.24, 2.45) is 0 Å². The highest BCUT2D eigenvalue weighted by Gasteiger charge is 2.32. The van der Waals surface area contributed by atoms with Crippen LogP contribution in [-0.2, 0) is 19.1 Å². The molecule has 1 aliphatic rings. The molecule has 0 aromatic heterocycles. The van der Waals surface area contributed by atoms with Gasteiger partial charge in [0.15, 0.2) is 0 Å². The van der Waals surface area contributed by atoms with Crippen molar-refractivity contribution in [1.82, 2.24) is 10.2 Å². The van der Waals surface area contributed by atoms with Gasteiger partial charge in [-0.15, -0.1) is 0 Å². The Labute approximate surface area is 100 Å². The highest BCUT2D eigenvalue weighted by molar-refractivity contribution is 5.92. The van der Waals surface area contributed by atoms with Crippen molar-refractivity contribution in [1.29, 1.82) is 0 Å². The van der Waals surface area contributed by atoms with E-state index in [0.717, 1.165) is 0 Å². The van der Waals surface area contributed by atoms with E-state index in [9.17, 15) is 14.4 Å². The van der Waals surface area contributed by atoms with Gasteiger partial charge in [0.2, 0.25) is 11.8 Å². The van der Waals surface area contributed by atoms with Crippen LogP contribution in [0, 0.1) is 0 Å². The standard InChI is InChI=1S/C11H18N2O4/c1-7(2)13(6-10(15)17-3)11(16)8-4-5-9(14)12-8/h7-8H,4-6H2,1-3H3,(H,12,14)/t8-/m0/s1. The van der Waals surface area contributed by atoms with Gasteiger partial charge in [-0.3, -0.25) is 14.4 Å². The lowest BCUT2D eigenvalue weighted by atomic mass is 10.1. The van der Waals surface area contributed by atoms with E-state index in [1.807, 2.05) is 13.8 Å². The van der Waals surface area contributed by atoms with Crippen LogP contribution in [-0.4, -0.2) is 48.4 Å². The zero-order valence-electron chi connectivity index (χ0n) is 10.4. The van der Waals surface area contributed by atoms with Gasteiger partial charge in [0.05, 0.1) is 7.11 Å². The van der Waals surface area contributed by atoms with E-state index in [4.69, 9.17) is 0 Å². The molecule has 0 aromatic carbocycles. The van der Waals surface area contributed by atoms with Crippen LogP contribution in [0.15, 0.2) is 0 Å². The van der Waals surface area contributed by atoms with Crippen molar-refractivity contribution in [2.45, 2.75) is 38.8 Å². The SMILES string of the molecule is COC(=O)CN(C(=O)[C@@H]1CCC(=O)N1)C(C)C. The lowest BCUT2D eigenvalue weighted by Gasteiger charge is -2.28. The van der Waals surface area contributed by atoms with Crippen molar-refractivity contribution in [3.63, 3.8) is 0 Å². The molecule has 96 valence electrons. The summed E-state index contributed by atoms with van der Waals surface area (Å²) in [5, 5.41) is 2.60. The molecule has 6 nitrogen and oxygen atoms in total. The first-order valence-corrected chi connectivity index (χ1v) is 5.62. The zero-order chi connectivity index (χ0) is 13.0. The minimum Gasteiger partial charge on any atom is -0.468 e. The Bertz CT molecular complexity index is 327. The molecule has 6 heteroatoms. The number of methoxy groups -OCH3 is 1. The van der Waals surface area contributed by atoms with Gasteiger partial charge in [0.1, 0.15) is 12.6 Å². The fourth-order valence-corrected chi connectivity index (χ4v) is 1.72. The van der Waals surface area contributed by atoms with Crippen LogP contribution in [0.3, 0.4) is 0 Å². The molecule has 1 saturated heterocycles. The third-order valence-electron chi connectivity index (χ3n) is 2.73. The van der Waals surface area contributed by atoms with Gasteiger partial charge in [0.25, 0.3) is 0 Å². The summed E-state index contributed by atoms with van der Waals surface area (Å²) in [6.07, 6.45) is 0.850. The maximum Gasteiger partial charge on any atom is 0.325 e. The normalized spacial score (nSPS) is 19.1. The summed E-state index contributed by atoms with van der Waals surface area (Å²) in [4.78, 5) is 35.8. The number of carbonyl (C=O) groups is 3. The fraction of sp³-hybridized carbons (Fsp3) is 0.727. The Morgan fingerprint density at radius 2 is 2.18 bits per heavy atom. The second kappa shape index (κ2) is 5.65. The van der Waals surface area contributed by atoms with Crippen molar-refractivity contribution in [3.8, 4) is 0 Å². The molecule has 1 fully saturated rings. The quantitative estimate of drug-likeness (QED) is 0.685. The van der Waals surface area contributed by atoms with Crippen LogP contribution in [0.2, 0.25) is 0 Å². The van der Waals surface area contributed by atoms with Crippen LogP contribution < -0.4 is 5.32 Å². The highest BCUT2D eigenvalue weighted by atomic mass is 16.5. The second-order valence-electron chi connectivity index (χ2n) is 4.29. The number of esters is 1. The Balaban J connectivity index is 2.67. The molecule has 0 unspecified atom stereocenters. The van der Waals surface area contributed by atoms with Crippen molar-refractivity contribution in [3.05, 3.63) is 0 Å². The minimum absolute atomic E-state index is 0.0840. The van der Waals surface area contributed by atoms with E-state index in [1.165, 1.54) is 12.0 Å². The zero-order valence-corrected chi connectivity index (χ0v) is 10.4. The molecule has 17 heavy (non-hydrogen) atoms. The molecule has 0 aromatic rings. The summed E-state index contributed by atoms with van der Waals surface area (Å²) in [5.74, 6) is -0.808. The number of nitrogens with zero attached hydrogens (tertiary/aromatic N) is 1. The minimum atomic E-state index is -0.505.